The predicted octanol–water partition coefficient (Wildman–Crippen LogP) is 2.82. The van der Waals surface area contributed by atoms with Crippen LogP contribution < -0.4 is 0 Å². The Morgan fingerprint density at radius 2 is 2.39 bits per heavy atom. The molecule has 3 rings (SSSR count). The van der Waals surface area contributed by atoms with Crippen molar-refractivity contribution in [2.75, 3.05) is 13.2 Å². The van der Waals surface area contributed by atoms with E-state index in [1.54, 1.807) is 30.9 Å². The average molecular weight is 334 g/mol. The highest BCUT2D eigenvalue weighted by atomic mass is 32.1. The van der Waals surface area contributed by atoms with Gasteiger partial charge in [-0.1, -0.05) is 0 Å². The van der Waals surface area contributed by atoms with Crippen LogP contribution in [-0.4, -0.2) is 34.9 Å². The highest BCUT2D eigenvalue weighted by Gasteiger charge is 2.32. The molecule has 1 amide bonds. The SMILES string of the molecule is CCOC(=O)c1csc([C@@H]2CCCN2C(=O)Cc2ccoc2)n1. The zero-order valence-electron chi connectivity index (χ0n) is 12.9. The summed E-state index contributed by atoms with van der Waals surface area (Å²) in [7, 11) is 0. The van der Waals surface area contributed by atoms with Crippen LogP contribution in [0, 0.1) is 0 Å². The molecule has 0 saturated carbocycles. The fraction of sp³-hybridized carbons (Fsp3) is 0.438. The topological polar surface area (TPSA) is 72.6 Å². The number of ether oxygens (including phenoxy) is 1. The van der Waals surface area contributed by atoms with Gasteiger partial charge < -0.3 is 14.1 Å². The van der Waals surface area contributed by atoms with Gasteiger partial charge in [0.05, 0.1) is 31.6 Å². The molecule has 2 aromatic rings. The van der Waals surface area contributed by atoms with Gasteiger partial charge in [0.1, 0.15) is 5.01 Å². The van der Waals surface area contributed by atoms with Crippen LogP contribution in [0.5, 0.6) is 0 Å². The van der Waals surface area contributed by atoms with Gasteiger partial charge in [-0.15, -0.1) is 11.3 Å². The fourth-order valence-electron chi connectivity index (χ4n) is 2.73. The Morgan fingerprint density at radius 3 is 3.13 bits per heavy atom. The zero-order chi connectivity index (χ0) is 16.2. The number of furan rings is 1. The van der Waals surface area contributed by atoms with Gasteiger partial charge in [-0.3, -0.25) is 4.79 Å². The Kier molecular flexibility index (Phi) is 4.76. The summed E-state index contributed by atoms with van der Waals surface area (Å²) in [4.78, 5) is 30.5. The molecule has 1 fully saturated rings. The summed E-state index contributed by atoms with van der Waals surface area (Å²) in [5.74, 6) is -0.356. The first kappa shape index (κ1) is 15.7. The number of aromatic nitrogens is 1. The van der Waals surface area contributed by atoms with Crippen LogP contribution in [0.2, 0.25) is 0 Å². The molecule has 23 heavy (non-hydrogen) atoms. The van der Waals surface area contributed by atoms with Crippen molar-refractivity contribution in [2.45, 2.75) is 32.2 Å². The summed E-state index contributed by atoms with van der Waals surface area (Å²) in [6, 6.07) is 1.74. The second-order valence-electron chi connectivity index (χ2n) is 5.34. The van der Waals surface area contributed by atoms with Gasteiger partial charge in [0.25, 0.3) is 0 Å². The molecular formula is C16H18N2O4S. The number of likely N-dealkylation sites (tertiary alicyclic amines) is 1. The highest BCUT2D eigenvalue weighted by Crippen LogP contribution is 2.34. The lowest BCUT2D eigenvalue weighted by molar-refractivity contribution is -0.131. The number of thiazole rings is 1. The van der Waals surface area contributed by atoms with Gasteiger partial charge in [-0.05, 0) is 31.4 Å². The Balaban J connectivity index is 1.71. The lowest BCUT2D eigenvalue weighted by Gasteiger charge is -2.22. The van der Waals surface area contributed by atoms with Crippen LogP contribution in [0.3, 0.4) is 0 Å². The van der Waals surface area contributed by atoms with Crippen molar-refractivity contribution in [3.8, 4) is 0 Å². The summed E-state index contributed by atoms with van der Waals surface area (Å²) in [5.41, 5.74) is 1.19. The van der Waals surface area contributed by atoms with Crippen LogP contribution in [0.1, 0.15) is 46.9 Å². The molecule has 7 heteroatoms. The minimum absolute atomic E-state index is 0.0532. The maximum absolute atomic E-state index is 12.5. The Labute approximate surface area is 138 Å². The molecule has 6 nitrogen and oxygen atoms in total. The van der Waals surface area contributed by atoms with Crippen LogP contribution in [-0.2, 0) is 16.0 Å². The first-order chi connectivity index (χ1) is 11.2. The molecule has 1 aliphatic heterocycles. The molecule has 0 unspecified atom stereocenters. The van der Waals surface area contributed by atoms with Gasteiger partial charge >= 0.3 is 5.97 Å². The van der Waals surface area contributed by atoms with Gasteiger partial charge in [-0.25, -0.2) is 9.78 Å². The summed E-state index contributed by atoms with van der Waals surface area (Å²) in [6.45, 7) is 2.80. The zero-order valence-corrected chi connectivity index (χ0v) is 13.7. The van der Waals surface area contributed by atoms with Crippen molar-refractivity contribution in [2.24, 2.45) is 0 Å². The van der Waals surface area contributed by atoms with E-state index in [-0.39, 0.29) is 11.9 Å². The van der Waals surface area contributed by atoms with Crippen molar-refractivity contribution >= 4 is 23.2 Å². The largest absolute Gasteiger partial charge is 0.472 e. The molecule has 1 saturated heterocycles. The third kappa shape index (κ3) is 3.44. The number of carbonyl (C=O) groups is 2. The number of esters is 1. The Hall–Kier alpha value is -2.15. The van der Waals surface area contributed by atoms with Crippen molar-refractivity contribution in [1.82, 2.24) is 9.88 Å². The molecule has 0 N–H and O–H groups in total. The third-order valence-electron chi connectivity index (χ3n) is 3.80. The summed E-state index contributed by atoms with van der Waals surface area (Å²) < 4.78 is 9.97. The second-order valence-corrected chi connectivity index (χ2v) is 6.23. The van der Waals surface area contributed by atoms with Gasteiger partial charge in [-0.2, -0.15) is 0 Å². The van der Waals surface area contributed by atoms with Crippen molar-refractivity contribution < 1.29 is 18.7 Å². The van der Waals surface area contributed by atoms with Gasteiger partial charge in [0.2, 0.25) is 5.91 Å². The maximum atomic E-state index is 12.5. The standard InChI is InChI=1S/C16H18N2O4S/c1-2-22-16(20)12-10-23-15(17-12)13-4-3-6-18(13)14(19)8-11-5-7-21-9-11/h5,7,9-10,13H,2-4,6,8H2,1H3/t13-/m0/s1. The van der Waals surface area contributed by atoms with Crippen LogP contribution in [0.4, 0.5) is 0 Å². The molecule has 0 aromatic carbocycles. The average Bonchev–Trinajstić information content (AvgIpc) is 3.28. The van der Waals surface area contributed by atoms with Crippen LogP contribution >= 0.6 is 11.3 Å². The maximum Gasteiger partial charge on any atom is 0.357 e. The minimum Gasteiger partial charge on any atom is -0.472 e. The molecule has 1 atom stereocenters. The van der Waals surface area contributed by atoms with Crippen LogP contribution in [0.25, 0.3) is 0 Å². The van der Waals surface area contributed by atoms with Gasteiger partial charge in [0.15, 0.2) is 5.69 Å². The van der Waals surface area contributed by atoms with E-state index in [2.05, 4.69) is 4.98 Å². The number of nitrogens with zero attached hydrogens (tertiary/aromatic N) is 2. The smallest absolute Gasteiger partial charge is 0.357 e. The molecule has 1 aliphatic rings. The molecule has 0 spiro atoms. The monoisotopic (exact) mass is 334 g/mol. The molecule has 122 valence electrons. The van der Waals surface area contributed by atoms with E-state index in [1.165, 1.54) is 11.3 Å². The van der Waals surface area contributed by atoms with Crippen molar-refractivity contribution in [3.05, 3.63) is 40.2 Å². The highest BCUT2D eigenvalue weighted by molar-refractivity contribution is 7.09. The Morgan fingerprint density at radius 1 is 1.52 bits per heavy atom. The summed E-state index contributed by atoms with van der Waals surface area (Å²) >= 11 is 1.41. The molecule has 3 heterocycles. The first-order valence-electron chi connectivity index (χ1n) is 7.62. The van der Waals surface area contributed by atoms with E-state index in [0.29, 0.717) is 18.7 Å². The normalized spacial score (nSPS) is 17.4. The minimum atomic E-state index is -0.413. The summed E-state index contributed by atoms with van der Waals surface area (Å²) in [5, 5.41) is 2.50. The molecule has 0 bridgehead atoms. The number of rotatable bonds is 5. The van der Waals surface area contributed by atoms with Crippen molar-refractivity contribution in [3.63, 3.8) is 0 Å². The quantitative estimate of drug-likeness (QED) is 0.786. The number of amides is 1. The third-order valence-corrected chi connectivity index (χ3v) is 4.75. The predicted molar refractivity (Wildman–Crippen MR) is 84.2 cm³/mol. The lowest BCUT2D eigenvalue weighted by atomic mass is 10.2. The van der Waals surface area contributed by atoms with E-state index in [1.807, 2.05) is 4.90 Å². The first-order valence-corrected chi connectivity index (χ1v) is 8.50. The number of carbonyl (C=O) groups excluding carboxylic acids is 2. The van der Waals surface area contributed by atoms with E-state index in [4.69, 9.17) is 9.15 Å². The molecule has 0 radical (unpaired) electrons. The molecule has 0 aliphatic carbocycles. The van der Waals surface area contributed by atoms with Gasteiger partial charge in [0, 0.05) is 11.9 Å². The van der Waals surface area contributed by atoms with E-state index in [0.717, 1.165) is 30.0 Å². The summed E-state index contributed by atoms with van der Waals surface area (Å²) in [6.07, 6.45) is 5.29. The van der Waals surface area contributed by atoms with E-state index < -0.39 is 5.97 Å². The second kappa shape index (κ2) is 6.95. The van der Waals surface area contributed by atoms with Crippen LogP contribution in [0.15, 0.2) is 28.4 Å². The molecular weight excluding hydrogens is 316 g/mol. The lowest BCUT2D eigenvalue weighted by Crippen LogP contribution is -2.31. The van der Waals surface area contributed by atoms with Crippen molar-refractivity contribution in [1.29, 1.82) is 0 Å². The van der Waals surface area contributed by atoms with E-state index >= 15 is 0 Å². The number of hydrogen-bond donors (Lipinski definition) is 0. The fourth-order valence-corrected chi connectivity index (χ4v) is 3.67. The van der Waals surface area contributed by atoms with E-state index in [9.17, 15) is 9.59 Å². The Bertz CT molecular complexity index is 680. The molecule has 2 aromatic heterocycles. The number of hydrogen-bond acceptors (Lipinski definition) is 6.